The Kier molecular flexibility index (Phi) is 4.93. The first-order valence-electron chi connectivity index (χ1n) is 9.50. The van der Waals surface area contributed by atoms with Crippen molar-refractivity contribution in [3.63, 3.8) is 0 Å². The summed E-state index contributed by atoms with van der Waals surface area (Å²) in [4.78, 5) is 12.6. The zero-order chi connectivity index (χ0) is 17.8. The zero-order valence-corrected chi connectivity index (χ0v) is 15.0. The van der Waals surface area contributed by atoms with E-state index in [4.69, 9.17) is 4.74 Å². The number of para-hydroxylation sites is 1. The number of rotatable bonds is 6. The van der Waals surface area contributed by atoms with Gasteiger partial charge in [-0.05, 0) is 49.4 Å². The number of amides is 1. The van der Waals surface area contributed by atoms with E-state index in [0.717, 1.165) is 49.2 Å². The number of hydrogen-bond donors (Lipinski definition) is 2. The van der Waals surface area contributed by atoms with Crippen molar-refractivity contribution in [1.29, 1.82) is 0 Å². The lowest BCUT2D eigenvalue weighted by Gasteiger charge is -2.23. The Bertz CT molecular complexity index is 754. The van der Waals surface area contributed by atoms with E-state index < -0.39 is 0 Å². The molecule has 4 rings (SSSR count). The van der Waals surface area contributed by atoms with Crippen LogP contribution < -0.4 is 15.4 Å². The van der Waals surface area contributed by atoms with E-state index in [1.807, 2.05) is 42.5 Å². The zero-order valence-electron chi connectivity index (χ0n) is 15.0. The Morgan fingerprint density at radius 1 is 1.08 bits per heavy atom. The molecular formula is C22H26N2O2. The standard InChI is InChI=1S/C22H26N2O2/c25-21(19-14-22(19)10-12-23-13-11-22)24-15-18-8-4-5-9-20(18)26-16-17-6-2-1-3-7-17/h1-9,19,23H,10-16H2,(H,24,25). The quantitative estimate of drug-likeness (QED) is 0.841. The Morgan fingerprint density at radius 3 is 2.62 bits per heavy atom. The SMILES string of the molecule is O=C(NCc1ccccc1OCc1ccccc1)C1CC12CCNCC2. The summed E-state index contributed by atoms with van der Waals surface area (Å²) in [7, 11) is 0. The normalized spacial score (nSPS) is 20.5. The molecule has 1 unspecified atom stereocenters. The summed E-state index contributed by atoms with van der Waals surface area (Å²) >= 11 is 0. The summed E-state index contributed by atoms with van der Waals surface area (Å²) in [6, 6.07) is 18.1. The number of ether oxygens (including phenoxy) is 1. The lowest BCUT2D eigenvalue weighted by atomic mass is 9.92. The molecule has 1 spiro atoms. The molecule has 26 heavy (non-hydrogen) atoms. The van der Waals surface area contributed by atoms with Crippen molar-refractivity contribution < 1.29 is 9.53 Å². The van der Waals surface area contributed by atoms with Crippen LogP contribution in [0.1, 0.15) is 30.4 Å². The average Bonchev–Trinajstić information content (AvgIpc) is 3.39. The van der Waals surface area contributed by atoms with E-state index >= 15 is 0 Å². The molecule has 2 aromatic carbocycles. The predicted molar refractivity (Wildman–Crippen MR) is 102 cm³/mol. The van der Waals surface area contributed by atoms with Gasteiger partial charge in [-0.2, -0.15) is 0 Å². The molecule has 1 atom stereocenters. The van der Waals surface area contributed by atoms with Crippen molar-refractivity contribution in [1.82, 2.24) is 10.6 Å². The van der Waals surface area contributed by atoms with Crippen LogP contribution in [-0.4, -0.2) is 19.0 Å². The van der Waals surface area contributed by atoms with Gasteiger partial charge in [-0.3, -0.25) is 4.79 Å². The molecule has 1 saturated carbocycles. The average molecular weight is 350 g/mol. The number of piperidine rings is 1. The number of nitrogens with one attached hydrogen (secondary N) is 2. The van der Waals surface area contributed by atoms with Gasteiger partial charge in [-0.25, -0.2) is 0 Å². The lowest BCUT2D eigenvalue weighted by molar-refractivity contribution is -0.123. The van der Waals surface area contributed by atoms with Gasteiger partial charge in [0.1, 0.15) is 12.4 Å². The van der Waals surface area contributed by atoms with Crippen LogP contribution in [0.4, 0.5) is 0 Å². The van der Waals surface area contributed by atoms with Gasteiger partial charge in [0.15, 0.2) is 0 Å². The fraction of sp³-hybridized carbons (Fsp3) is 0.409. The first kappa shape index (κ1) is 17.1. The summed E-state index contributed by atoms with van der Waals surface area (Å²) in [5.74, 6) is 1.23. The summed E-state index contributed by atoms with van der Waals surface area (Å²) in [5, 5.41) is 6.52. The largest absolute Gasteiger partial charge is 0.489 e. The molecule has 1 amide bonds. The molecule has 2 N–H and O–H groups in total. The van der Waals surface area contributed by atoms with Crippen molar-refractivity contribution in [3.8, 4) is 5.75 Å². The van der Waals surface area contributed by atoms with Gasteiger partial charge < -0.3 is 15.4 Å². The fourth-order valence-electron chi connectivity index (χ4n) is 4.03. The Hall–Kier alpha value is -2.33. The maximum atomic E-state index is 12.6. The highest BCUT2D eigenvalue weighted by Gasteiger charge is 2.57. The van der Waals surface area contributed by atoms with Crippen LogP contribution in [-0.2, 0) is 17.9 Å². The van der Waals surface area contributed by atoms with Crippen molar-refractivity contribution >= 4 is 5.91 Å². The van der Waals surface area contributed by atoms with Crippen LogP contribution >= 0.6 is 0 Å². The van der Waals surface area contributed by atoms with Crippen molar-refractivity contribution in [2.75, 3.05) is 13.1 Å². The topological polar surface area (TPSA) is 50.4 Å². The van der Waals surface area contributed by atoms with Crippen LogP contribution in [0.15, 0.2) is 54.6 Å². The molecule has 2 aliphatic rings. The van der Waals surface area contributed by atoms with Gasteiger partial charge in [0.05, 0.1) is 0 Å². The second-order valence-corrected chi connectivity index (χ2v) is 7.47. The lowest BCUT2D eigenvalue weighted by Crippen LogP contribution is -2.33. The van der Waals surface area contributed by atoms with Crippen LogP contribution in [0, 0.1) is 11.3 Å². The van der Waals surface area contributed by atoms with Crippen LogP contribution in [0.5, 0.6) is 5.75 Å². The summed E-state index contributed by atoms with van der Waals surface area (Å²) in [6.45, 7) is 3.14. The minimum atomic E-state index is 0.196. The van der Waals surface area contributed by atoms with Gasteiger partial charge in [-0.15, -0.1) is 0 Å². The van der Waals surface area contributed by atoms with Gasteiger partial charge in [0.25, 0.3) is 0 Å². The molecule has 136 valence electrons. The van der Waals surface area contributed by atoms with Crippen molar-refractivity contribution in [2.45, 2.75) is 32.4 Å². The van der Waals surface area contributed by atoms with Crippen molar-refractivity contribution in [2.24, 2.45) is 11.3 Å². The van der Waals surface area contributed by atoms with Crippen molar-refractivity contribution in [3.05, 3.63) is 65.7 Å². The molecule has 4 heteroatoms. The molecule has 1 aliphatic heterocycles. The molecule has 0 aromatic heterocycles. The summed E-state index contributed by atoms with van der Waals surface area (Å²) in [5.41, 5.74) is 2.44. The monoisotopic (exact) mass is 350 g/mol. The van der Waals surface area contributed by atoms with Crippen LogP contribution in [0.2, 0.25) is 0 Å². The highest BCUT2D eigenvalue weighted by Crippen LogP contribution is 2.58. The molecule has 1 heterocycles. The van der Waals surface area contributed by atoms with Gasteiger partial charge in [0, 0.05) is 18.0 Å². The van der Waals surface area contributed by atoms with E-state index in [-0.39, 0.29) is 17.2 Å². The van der Waals surface area contributed by atoms with E-state index in [1.54, 1.807) is 0 Å². The highest BCUT2D eigenvalue weighted by atomic mass is 16.5. The maximum Gasteiger partial charge on any atom is 0.223 e. The second kappa shape index (κ2) is 7.50. The third kappa shape index (κ3) is 3.75. The molecular weight excluding hydrogens is 324 g/mol. The Labute approximate surface area is 155 Å². The minimum Gasteiger partial charge on any atom is -0.489 e. The fourth-order valence-corrected chi connectivity index (χ4v) is 4.03. The molecule has 0 radical (unpaired) electrons. The van der Waals surface area contributed by atoms with Gasteiger partial charge in [-0.1, -0.05) is 48.5 Å². The highest BCUT2D eigenvalue weighted by molar-refractivity contribution is 5.82. The number of carbonyl (C=O) groups is 1. The molecule has 2 fully saturated rings. The smallest absolute Gasteiger partial charge is 0.223 e. The predicted octanol–water partition coefficient (Wildman–Crippen LogP) is 3.27. The molecule has 1 aliphatic carbocycles. The van der Waals surface area contributed by atoms with E-state index in [9.17, 15) is 4.79 Å². The second-order valence-electron chi connectivity index (χ2n) is 7.47. The molecule has 2 aromatic rings. The summed E-state index contributed by atoms with van der Waals surface area (Å²) < 4.78 is 5.98. The minimum absolute atomic E-state index is 0.196. The first-order chi connectivity index (χ1) is 12.8. The van der Waals surface area contributed by atoms with Gasteiger partial charge in [0.2, 0.25) is 5.91 Å². The molecule has 1 saturated heterocycles. The number of benzene rings is 2. The Morgan fingerprint density at radius 2 is 1.81 bits per heavy atom. The van der Waals surface area contributed by atoms with Crippen LogP contribution in [0.3, 0.4) is 0 Å². The summed E-state index contributed by atoms with van der Waals surface area (Å²) in [6.07, 6.45) is 3.30. The number of carbonyl (C=O) groups excluding carboxylic acids is 1. The molecule has 0 bridgehead atoms. The Balaban J connectivity index is 1.33. The third-order valence-electron chi connectivity index (χ3n) is 5.77. The van der Waals surface area contributed by atoms with Gasteiger partial charge >= 0.3 is 0 Å². The number of hydrogen-bond acceptors (Lipinski definition) is 3. The van der Waals surface area contributed by atoms with E-state index in [2.05, 4.69) is 22.8 Å². The molecule has 4 nitrogen and oxygen atoms in total. The van der Waals surface area contributed by atoms with E-state index in [0.29, 0.717) is 13.2 Å². The van der Waals surface area contributed by atoms with Crippen LogP contribution in [0.25, 0.3) is 0 Å². The first-order valence-corrected chi connectivity index (χ1v) is 9.50. The van der Waals surface area contributed by atoms with E-state index in [1.165, 1.54) is 0 Å². The maximum absolute atomic E-state index is 12.6. The third-order valence-corrected chi connectivity index (χ3v) is 5.77.